The minimum absolute atomic E-state index is 0.0695. The first kappa shape index (κ1) is 13.4. The van der Waals surface area contributed by atoms with Crippen LogP contribution in [-0.4, -0.2) is 28.9 Å². The van der Waals surface area contributed by atoms with Gasteiger partial charge in [-0.2, -0.15) is 0 Å². The number of fused-ring (bicyclic) bond motifs is 1. The number of rotatable bonds is 2. The third kappa shape index (κ3) is 2.26. The van der Waals surface area contributed by atoms with Crippen molar-refractivity contribution in [1.82, 2.24) is 9.88 Å². The molecule has 1 amide bonds. The average molecular weight is 289 g/mol. The minimum atomic E-state index is 0.0695. The summed E-state index contributed by atoms with van der Waals surface area (Å²) in [6.07, 6.45) is 5.15. The highest BCUT2D eigenvalue weighted by molar-refractivity contribution is 7.21. The molecule has 1 fully saturated rings. The molecule has 0 bridgehead atoms. The molecule has 2 N–H and O–H groups in total. The van der Waals surface area contributed by atoms with E-state index in [0.29, 0.717) is 10.6 Å². The molecule has 1 saturated heterocycles. The standard InChI is InChI=1S/C15H19N3OS/c1-2-10-5-8-18(9-6-10)15(19)13-12(16)11-4-3-7-17-14(11)20-13/h3-4,7,10H,2,5-6,8-9,16H2,1H3. The molecule has 0 spiro atoms. The molecule has 2 aromatic heterocycles. The van der Waals surface area contributed by atoms with Gasteiger partial charge in [0.05, 0.1) is 5.69 Å². The highest BCUT2D eigenvalue weighted by atomic mass is 32.1. The summed E-state index contributed by atoms with van der Waals surface area (Å²) in [6, 6.07) is 3.78. The van der Waals surface area contributed by atoms with Crippen molar-refractivity contribution in [3.8, 4) is 0 Å². The van der Waals surface area contributed by atoms with Crippen LogP contribution in [-0.2, 0) is 0 Å². The Balaban J connectivity index is 1.84. The lowest BCUT2D eigenvalue weighted by Crippen LogP contribution is -2.38. The van der Waals surface area contributed by atoms with Crippen LogP contribution >= 0.6 is 11.3 Å². The third-order valence-corrected chi connectivity index (χ3v) is 5.30. The highest BCUT2D eigenvalue weighted by Gasteiger charge is 2.26. The number of nitrogens with zero attached hydrogens (tertiary/aromatic N) is 2. The molecule has 3 rings (SSSR count). The first-order chi connectivity index (χ1) is 9.70. The van der Waals surface area contributed by atoms with Crippen molar-refractivity contribution in [2.45, 2.75) is 26.2 Å². The monoisotopic (exact) mass is 289 g/mol. The van der Waals surface area contributed by atoms with E-state index in [1.54, 1.807) is 6.20 Å². The van der Waals surface area contributed by atoms with Crippen LogP contribution in [0, 0.1) is 5.92 Å². The largest absolute Gasteiger partial charge is 0.397 e. The second kappa shape index (κ2) is 5.40. The summed E-state index contributed by atoms with van der Waals surface area (Å²) in [5.41, 5.74) is 6.71. The van der Waals surface area contributed by atoms with Gasteiger partial charge >= 0.3 is 0 Å². The zero-order valence-corrected chi connectivity index (χ0v) is 12.4. The van der Waals surface area contributed by atoms with E-state index in [4.69, 9.17) is 5.73 Å². The van der Waals surface area contributed by atoms with Gasteiger partial charge in [-0.1, -0.05) is 13.3 Å². The van der Waals surface area contributed by atoms with Crippen molar-refractivity contribution in [3.63, 3.8) is 0 Å². The van der Waals surface area contributed by atoms with E-state index in [1.165, 1.54) is 17.8 Å². The van der Waals surface area contributed by atoms with E-state index in [9.17, 15) is 4.79 Å². The quantitative estimate of drug-likeness (QED) is 0.924. The van der Waals surface area contributed by atoms with Gasteiger partial charge in [-0.05, 0) is 30.9 Å². The number of hydrogen-bond donors (Lipinski definition) is 1. The molecule has 0 atom stereocenters. The Kier molecular flexibility index (Phi) is 3.61. The van der Waals surface area contributed by atoms with Gasteiger partial charge in [0.25, 0.3) is 5.91 Å². The number of piperidine rings is 1. The van der Waals surface area contributed by atoms with Crippen molar-refractivity contribution < 1.29 is 4.79 Å². The lowest BCUT2D eigenvalue weighted by molar-refractivity contribution is 0.0695. The Morgan fingerprint density at radius 1 is 1.50 bits per heavy atom. The molecule has 2 aromatic rings. The molecule has 3 heterocycles. The fourth-order valence-electron chi connectivity index (χ4n) is 2.80. The number of carbonyl (C=O) groups is 1. The lowest BCUT2D eigenvalue weighted by Gasteiger charge is -2.31. The normalized spacial score (nSPS) is 16.8. The van der Waals surface area contributed by atoms with Gasteiger partial charge in [-0.25, -0.2) is 4.98 Å². The molecule has 0 aromatic carbocycles. The molecule has 106 valence electrons. The second-order valence-electron chi connectivity index (χ2n) is 5.34. The molecule has 1 aliphatic heterocycles. The fourth-order valence-corrected chi connectivity index (χ4v) is 3.83. The number of likely N-dealkylation sites (tertiary alicyclic amines) is 1. The van der Waals surface area contributed by atoms with Crippen LogP contribution in [0.1, 0.15) is 35.9 Å². The molecule has 0 radical (unpaired) electrons. The van der Waals surface area contributed by atoms with E-state index >= 15 is 0 Å². The molecule has 20 heavy (non-hydrogen) atoms. The van der Waals surface area contributed by atoms with Crippen LogP contribution < -0.4 is 5.73 Å². The Labute approximate surface area is 122 Å². The maximum absolute atomic E-state index is 12.6. The van der Waals surface area contributed by atoms with Crippen LogP contribution in [0.3, 0.4) is 0 Å². The first-order valence-electron chi connectivity index (χ1n) is 7.13. The van der Waals surface area contributed by atoms with Crippen molar-refractivity contribution in [1.29, 1.82) is 0 Å². The van der Waals surface area contributed by atoms with E-state index < -0.39 is 0 Å². The number of nitrogens with two attached hydrogens (primary N) is 1. The molecular formula is C15H19N3OS. The number of amides is 1. The number of pyridine rings is 1. The molecular weight excluding hydrogens is 270 g/mol. The Bertz CT molecular complexity index is 629. The summed E-state index contributed by atoms with van der Waals surface area (Å²) in [5.74, 6) is 0.834. The maximum atomic E-state index is 12.6. The van der Waals surface area contributed by atoms with Crippen molar-refractivity contribution in [2.75, 3.05) is 18.8 Å². The first-order valence-corrected chi connectivity index (χ1v) is 7.94. The summed E-state index contributed by atoms with van der Waals surface area (Å²) in [5, 5.41) is 0.893. The Morgan fingerprint density at radius 3 is 2.90 bits per heavy atom. The second-order valence-corrected chi connectivity index (χ2v) is 6.34. The molecule has 1 aliphatic rings. The van der Waals surface area contributed by atoms with Crippen molar-refractivity contribution >= 4 is 33.1 Å². The predicted molar refractivity (Wildman–Crippen MR) is 83.0 cm³/mol. The van der Waals surface area contributed by atoms with Gasteiger partial charge in [0.1, 0.15) is 9.71 Å². The van der Waals surface area contributed by atoms with E-state index in [2.05, 4.69) is 11.9 Å². The summed E-state index contributed by atoms with van der Waals surface area (Å²) in [4.78, 5) is 20.3. The number of nitrogen functional groups attached to an aromatic ring is 1. The Hall–Kier alpha value is -1.62. The van der Waals surface area contributed by atoms with Crippen molar-refractivity contribution in [2.24, 2.45) is 5.92 Å². The van der Waals surface area contributed by atoms with Gasteiger partial charge in [0.15, 0.2) is 0 Å². The van der Waals surface area contributed by atoms with E-state index in [1.807, 2.05) is 17.0 Å². The highest BCUT2D eigenvalue weighted by Crippen LogP contribution is 2.33. The van der Waals surface area contributed by atoms with Crippen LogP contribution in [0.4, 0.5) is 5.69 Å². The zero-order valence-electron chi connectivity index (χ0n) is 11.6. The predicted octanol–water partition coefficient (Wildman–Crippen LogP) is 3.14. The summed E-state index contributed by atoms with van der Waals surface area (Å²) in [7, 11) is 0. The summed E-state index contributed by atoms with van der Waals surface area (Å²) in [6.45, 7) is 3.91. The third-order valence-electron chi connectivity index (χ3n) is 4.18. The van der Waals surface area contributed by atoms with Crippen LogP contribution in [0.25, 0.3) is 10.2 Å². The van der Waals surface area contributed by atoms with E-state index in [-0.39, 0.29) is 5.91 Å². The van der Waals surface area contributed by atoms with Gasteiger partial charge in [0, 0.05) is 24.7 Å². The maximum Gasteiger partial charge on any atom is 0.266 e. The SMILES string of the molecule is CCC1CCN(C(=O)c2sc3ncccc3c2N)CC1. The molecule has 4 nitrogen and oxygen atoms in total. The summed E-state index contributed by atoms with van der Waals surface area (Å²) >= 11 is 1.40. The average Bonchev–Trinajstić information content (AvgIpc) is 2.84. The van der Waals surface area contributed by atoms with Crippen LogP contribution in [0.5, 0.6) is 0 Å². The topological polar surface area (TPSA) is 59.2 Å². The smallest absolute Gasteiger partial charge is 0.266 e. The van der Waals surface area contributed by atoms with Gasteiger partial charge in [0.2, 0.25) is 0 Å². The number of thiophene rings is 1. The molecule has 0 aliphatic carbocycles. The van der Waals surface area contributed by atoms with E-state index in [0.717, 1.165) is 42.1 Å². The van der Waals surface area contributed by atoms with Gasteiger partial charge in [-0.3, -0.25) is 4.79 Å². The van der Waals surface area contributed by atoms with Gasteiger partial charge < -0.3 is 10.6 Å². The van der Waals surface area contributed by atoms with Crippen LogP contribution in [0.2, 0.25) is 0 Å². The minimum Gasteiger partial charge on any atom is -0.397 e. The van der Waals surface area contributed by atoms with Crippen LogP contribution in [0.15, 0.2) is 18.3 Å². The lowest BCUT2D eigenvalue weighted by atomic mass is 9.94. The molecule has 0 unspecified atom stereocenters. The molecule has 0 saturated carbocycles. The fraction of sp³-hybridized carbons (Fsp3) is 0.467. The molecule has 5 heteroatoms. The number of hydrogen-bond acceptors (Lipinski definition) is 4. The number of aromatic nitrogens is 1. The number of anilines is 1. The zero-order chi connectivity index (χ0) is 14.1. The van der Waals surface area contributed by atoms with Gasteiger partial charge in [-0.15, -0.1) is 11.3 Å². The summed E-state index contributed by atoms with van der Waals surface area (Å²) < 4.78 is 0. The van der Waals surface area contributed by atoms with Crippen molar-refractivity contribution in [3.05, 3.63) is 23.2 Å². The number of carbonyl (C=O) groups excluding carboxylic acids is 1. The Morgan fingerprint density at radius 2 is 2.25 bits per heavy atom.